The molecule has 1 aromatic carbocycles. The number of nitrogens with one attached hydrogen (secondary N) is 1. The molecule has 9 heteroatoms. The van der Waals surface area contributed by atoms with E-state index in [9.17, 15) is 19.6 Å². The molecule has 3 atom stereocenters. The number of rotatable bonds is 10. The van der Waals surface area contributed by atoms with Crippen LogP contribution in [0.3, 0.4) is 0 Å². The van der Waals surface area contributed by atoms with Gasteiger partial charge in [0.25, 0.3) is 0 Å². The molecular formula is C23H29N3O6. The number of nitrogens with zero attached hydrogens (tertiary/aromatic N) is 2. The van der Waals surface area contributed by atoms with Gasteiger partial charge in [-0.3, -0.25) is 19.6 Å². The van der Waals surface area contributed by atoms with Crippen molar-refractivity contribution in [3.05, 3.63) is 47.7 Å². The number of allylic oxidation sites excluding steroid dienone is 2. The van der Waals surface area contributed by atoms with Gasteiger partial charge in [-0.2, -0.15) is 0 Å². The number of methoxy groups -OCH3 is 1. The first-order valence-corrected chi connectivity index (χ1v) is 10.6. The van der Waals surface area contributed by atoms with Gasteiger partial charge in [0.05, 0.1) is 32.2 Å². The summed E-state index contributed by atoms with van der Waals surface area (Å²) in [5.41, 5.74) is 1.38. The molecule has 1 aromatic rings. The van der Waals surface area contributed by atoms with Gasteiger partial charge in [0.1, 0.15) is 0 Å². The van der Waals surface area contributed by atoms with E-state index < -0.39 is 12.0 Å². The molecule has 32 heavy (non-hydrogen) atoms. The van der Waals surface area contributed by atoms with E-state index in [0.29, 0.717) is 48.2 Å². The van der Waals surface area contributed by atoms with Crippen molar-refractivity contribution in [2.45, 2.75) is 26.3 Å². The highest BCUT2D eigenvalue weighted by molar-refractivity contribution is 5.87. The Morgan fingerprint density at radius 1 is 1.41 bits per heavy atom. The lowest BCUT2D eigenvalue weighted by atomic mass is 9.88. The van der Waals surface area contributed by atoms with Crippen molar-refractivity contribution in [1.82, 2.24) is 15.3 Å². The number of fused-ring (bicyclic) bond motifs is 1. The smallest absolute Gasteiger partial charge is 0.233 e. The van der Waals surface area contributed by atoms with Crippen LogP contribution in [0.4, 0.5) is 0 Å². The highest BCUT2D eigenvalue weighted by atomic mass is 16.5. The first-order chi connectivity index (χ1) is 15.4. The van der Waals surface area contributed by atoms with Crippen molar-refractivity contribution in [3.63, 3.8) is 0 Å². The maximum Gasteiger partial charge on any atom is 0.233 e. The summed E-state index contributed by atoms with van der Waals surface area (Å²) in [7, 11) is 1.56. The zero-order valence-electron chi connectivity index (χ0n) is 18.5. The van der Waals surface area contributed by atoms with E-state index in [-0.39, 0.29) is 24.3 Å². The fourth-order valence-electron chi connectivity index (χ4n) is 4.31. The minimum Gasteiger partial charge on any atom is -0.493 e. The molecule has 3 amide bonds. The molecule has 1 saturated heterocycles. The van der Waals surface area contributed by atoms with Crippen molar-refractivity contribution in [1.29, 1.82) is 0 Å². The first kappa shape index (κ1) is 23.3. The standard InChI is InChI=1S/C23H29N3O6/c1-4-32-21-12-16(8-9-20(21)31-3)19(10-11-25(30)14-27)26-13-17-6-5-7-18(24-15(2)28)22(17)23(26)29/h5-9,12,14,17,19,22,30H,4,10-11,13H2,1-3H3,(H,24,28). The summed E-state index contributed by atoms with van der Waals surface area (Å²) >= 11 is 0. The van der Waals surface area contributed by atoms with Crippen LogP contribution in [0.1, 0.15) is 31.9 Å². The minimum absolute atomic E-state index is 0.0491. The van der Waals surface area contributed by atoms with Crippen LogP contribution in [0, 0.1) is 11.8 Å². The number of benzene rings is 1. The topological polar surface area (TPSA) is 108 Å². The summed E-state index contributed by atoms with van der Waals surface area (Å²) in [4.78, 5) is 37.8. The Bertz CT molecular complexity index is 928. The summed E-state index contributed by atoms with van der Waals surface area (Å²) in [6.07, 6.45) is 6.22. The lowest BCUT2D eigenvalue weighted by molar-refractivity contribution is -0.150. The van der Waals surface area contributed by atoms with Gasteiger partial charge in [-0.1, -0.05) is 18.2 Å². The number of ether oxygens (including phenoxy) is 2. The zero-order valence-corrected chi connectivity index (χ0v) is 18.5. The van der Waals surface area contributed by atoms with Crippen molar-refractivity contribution in [3.8, 4) is 11.5 Å². The average molecular weight is 444 g/mol. The SMILES string of the molecule is CCOc1cc(C(CCN(O)C=O)N2CC3C=CC=C(NC(C)=O)C3C2=O)ccc1OC. The summed E-state index contributed by atoms with van der Waals surface area (Å²) in [6, 6.07) is 5.04. The zero-order chi connectivity index (χ0) is 23.3. The van der Waals surface area contributed by atoms with E-state index in [2.05, 4.69) is 5.32 Å². The molecular weight excluding hydrogens is 414 g/mol. The molecule has 0 radical (unpaired) electrons. The second-order valence-corrected chi connectivity index (χ2v) is 7.74. The second kappa shape index (κ2) is 10.3. The molecule has 2 N–H and O–H groups in total. The fourth-order valence-corrected chi connectivity index (χ4v) is 4.31. The summed E-state index contributed by atoms with van der Waals surface area (Å²) in [5.74, 6) is 0.216. The van der Waals surface area contributed by atoms with Crippen molar-refractivity contribution >= 4 is 18.2 Å². The monoisotopic (exact) mass is 443 g/mol. The molecule has 0 aromatic heterocycles. The predicted molar refractivity (Wildman–Crippen MR) is 116 cm³/mol. The molecule has 172 valence electrons. The van der Waals surface area contributed by atoms with Gasteiger partial charge < -0.3 is 19.7 Å². The van der Waals surface area contributed by atoms with Crippen molar-refractivity contribution in [2.24, 2.45) is 11.8 Å². The van der Waals surface area contributed by atoms with Crippen LogP contribution in [-0.4, -0.2) is 60.2 Å². The maximum atomic E-state index is 13.5. The van der Waals surface area contributed by atoms with Crippen LogP contribution < -0.4 is 14.8 Å². The second-order valence-electron chi connectivity index (χ2n) is 7.74. The van der Waals surface area contributed by atoms with Gasteiger partial charge in [-0.05, 0) is 37.1 Å². The average Bonchev–Trinajstić information content (AvgIpc) is 3.11. The van der Waals surface area contributed by atoms with E-state index in [1.54, 1.807) is 24.2 Å². The molecule has 9 nitrogen and oxygen atoms in total. The Morgan fingerprint density at radius 3 is 2.84 bits per heavy atom. The van der Waals surface area contributed by atoms with Gasteiger partial charge in [0.2, 0.25) is 18.2 Å². The molecule has 1 aliphatic heterocycles. The number of amides is 3. The van der Waals surface area contributed by atoms with E-state index in [4.69, 9.17) is 9.47 Å². The number of carbonyl (C=O) groups excluding carboxylic acids is 3. The third-order valence-corrected chi connectivity index (χ3v) is 5.68. The summed E-state index contributed by atoms with van der Waals surface area (Å²) < 4.78 is 11.1. The Balaban J connectivity index is 1.94. The van der Waals surface area contributed by atoms with E-state index >= 15 is 0 Å². The third kappa shape index (κ3) is 4.94. The fraction of sp³-hybridized carbons (Fsp3) is 0.435. The summed E-state index contributed by atoms with van der Waals surface area (Å²) in [5, 5.41) is 13.0. The quantitative estimate of drug-likeness (QED) is 0.325. The molecule has 3 unspecified atom stereocenters. The van der Waals surface area contributed by atoms with Crippen LogP contribution in [0.2, 0.25) is 0 Å². The van der Waals surface area contributed by atoms with Crippen LogP contribution in [0.25, 0.3) is 0 Å². The van der Waals surface area contributed by atoms with E-state index in [0.717, 1.165) is 5.56 Å². The van der Waals surface area contributed by atoms with Crippen LogP contribution in [-0.2, 0) is 14.4 Å². The molecule has 3 rings (SSSR count). The number of hydrogen-bond acceptors (Lipinski definition) is 6. The molecule has 1 heterocycles. The van der Waals surface area contributed by atoms with Crippen LogP contribution >= 0.6 is 0 Å². The molecule has 1 fully saturated rings. The van der Waals surface area contributed by atoms with E-state index in [1.165, 1.54) is 6.92 Å². The Kier molecular flexibility index (Phi) is 7.53. The van der Waals surface area contributed by atoms with Gasteiger partial charge in [-0.15, -0.1) is 0 Å². The lowest BCUT2D eigenvalue weighted by Crippen LogP contribution is -2.36. The Hall–Kier alpha value is -3.33. The molecule has 0 bridgehead atoms. The van der Waals surface area contributed by atoms with Gasteiger partial charge >= 0.3 is 0 Å². The van der Waals surface area contributed by atoms with Gasteiger partial charge in [0, 0.05) is 25.1 Å². The van der Waals surface area contributed by atoms with Crippen LogP contribution in [0.5, 0.6) is 11.5 Å². The molecule has 0 spiro atoms. The lowest BCUT2D eigenvalue weighted by Gasteiger charge is -2.30. The van der Waals surface area contributed by atoms with Gasteiger partial charge in [-0.25, -0.2) is 5.06 Å². The molecule has 0 saturated carbocycles. The highest BCUT2D eigenvalue weighted by Crippen LogP contribution is 2.41. The Labute approximate surface area is 187 Å². The number of carbonyl (C=O) groups is 3. The minimum atomic E-state index is -0.479. The predicted octanol–water partition coefficient (Wildman–Crippen LogP) is 2.04. The highest BCUT2D eigenvalue weighted by Gasteiger charge is 2.45. The summed E-state index contributed by atoms with van der Waals surface area (Å²) in [6.45, 7) is 4.23. The number of likely N-dealkylation sites (tertiary alicyclic amines) is 1. The normalized spacial score (nSPS) is 20.3. The Morgan fingerprint density at radius 2 is 2.19 bits per heavy atom. The molecule has 2 aliphatic rings. The van der Waals surface area contributed by atoms with Gasteiger partial charge in [0.15, 0.2) is 11.5 Å². The maximum absolute atomic E-state index is 13.5. The van der Waals surface area contributed by atoms with Crippen molar-refractivity contribution < 1.29 is 29.1 Å². The van der Waals surface area contributed by atoms with Crippen molar-refractivity contribution in [2.75, 3.05) is 26.8 Å². The first-order valence-electron chi connectivity index (χ1n) is 10.6. The number of hydroxylamine groups is 2. The van der Waals surface area contributed by atoms with E-state index in [1.807, 2.05) is 31.2 Å². The number of hydrogen-bond donors (Lipinski definition) is 2. The third-order valence-electron chi connectivity index (χ3n) is 5.68. The van der Waals surface area contributed by atoms with Crippen LogP contribution in [0.15, 0.2) is 42.1 Å². The largest absolute Gasteiger partial charge is 0.493 e. The molecule has 1 aliphatic carbocycles.